The van der Waals surface area contributed by atoms with E-state index in [0.717, 1.165) is 0 Å². The summed E-state index contributed by atoms with van der Waals surface area (Å²) in [5.41, 5.74) is -2.53. The second-order valence-electron chi connectivity index (χ2n) is 5.74. The SMILES string of the molecule is CC(C)(C)[N+]1(C(=O)O)CC[C@H](O)[C@@]1(C)C(=O)O. The molecule has 6 heteroatoms. The molecule has 1 rings (SSSR count). The molecule has 0 aromatic heterocycles. The quantitative estimate of drug-likeness (QED) is 0.597. The van der Waals surface area contributed by atoms with E-state index in [0.29, 0.717) is 0 Å². The van der Waals surface area contributed by atoms with Crippen LogP contribution in [0.4, 0.5) is 4.79 Å². The van der Waals surface area contributed by atoms with Gasteiger partial charge in [-0.15, -0.1) is 0 Å². The number of aliphatic hydroxyl groups excluding tert-OH is 1. The van der Waals surface area contributed by atoms with Gasteiger partial charge >= 0.3 is 12.1 Å². The first kappa shape index (κ1) is 13.9. The second-order valence-corrected chi connectivity index (χ2v) is 5.74. The van der Waals surface area contributed by atoms with Crippen molar-refractivity contribution in [1.29, 1.82) is 0 Å². The van der Waals surface area contributed by atoms with Crippen LogP contribution in [0.25, 0.3) is 0 Å². The number of hydrogen-bond donors (Lipinski definition) is 3. The van der Waals surface area contributed by atoms with Crippen LogP contribution in [0.3, 0.4) is 0 Å². The lowest BCUT2D eigenvalue weighted by Gasteiger charge is -2.48. The normalized spacial score (nSPS) is 38.1. The van der Waals surface area contributed by atoms with Crippen molar-refractivity contribution in [2.75, 3.05) is 6.54 Å². The van der Waals surface area contributed by atoms with E-state index in [1.165, 1.54) is 6.92 Å². The molecule has 6 nitrogen and oxygen atoms in total. The molecular weight excluding hydrogens is 226 g/mol. The monoisotopic (exact) mass is 246 g/mol. The molecule has 0 aliphatic carbocycles. The van der Waals surface area contributed by atoms with Crippen molar-refractivity contribution in [3.05, 3.63) is 0 Å². The summed E-state index contributed by atoms with van der Waals surface area (Å²) < 4.78 is -0.656. The maximum absolute atomic E-state index is 11.6. The number of hydrogen-bond acceptors (Lipinski definition) is 3. The predicted octanol–water partition coefficient (Wildman–Crippen LogP) is 0.888. The molecule has 0 aromatic rings. The Morgan fingerprint density at radius 2 is 1.76 bits per heavy atom. The van der Waals surface area contributed by atoms with Gasteiger partial charge in [0.1, 0.15) is 11.6 Å². The average molecular weight is 246 g/mol. The van der Waals surface area contributed by atoms with E-state index in [1.54, 1.807) is 20.8 Å². The lowest BCUT2D eigenvalue weighted by Crippen LogP contribution is -2.75. The summed E-state index contributed by atoms with van der Waals surface area (Å²) in [4.78, 5) is 23.1. The van der Waals surface area contributed by atoms with Crippen LogP contribution in [-0.2, 0) is 4.79 Å². The number of nitrogens with zero attached hydrogens (tertiary/aromatic N) is 1. The molecule has 0 spiro atoms. The minimum absolute atomic E-state index is 0.114. The van der Waals surface area contributed by atoms with Crippen molar-refractivity contribution in [3.63, 3.8) is 0 Å². The largest absolute Gasteiger partial charge is 0.514 e. The average Bonchev–Trinajstić information content (AvgIpc) is 2.40. The summed E-state index contributed by atoms with van der Waals surface area (Å²) in [6.45, 7) is 6.47. The molecule has 0 aromatic carbocycles. The molecule has 1 saturated heterocycles. The topological polar surface area (TPSA) is 94.8 Å². The number of rotatable bonds is 1. The summed E-state index contributed by atoms with van der Waals surface area (Å²) >= 11 is 0. The number of amides is 1. The van der Waals surface area contributed by atoms with E-state index in [4.69, 9.17) is 0 Å². The zero-order chi connectivity index (χ0) is 13.6. The van der Waals surface area contributed by atoms with E-state index in [1.807, 2.05) is 0 Å². The fourth-order valence-corrected chi connectivity index (χ4v) is 3.00. The first-order chi connectivity index (χ1) is 7.51. The standard InChI is InChI=1S/C11H19NO5/c1-10(2,3)12(9(16)17)6-5-7(13)11(12,4)8(14)15/h7,13H,5-6H2,1-4H3,(H-,14,15,16,17)/p+1/t7-,11-,12?/m0/s1. The maximum atomic E-state index is 11.6. The Hall–Kier alpha value is -1.14. The molecule has 1 heterocycles. The van der Waals surface area contributed by atoms with Crippen LogP contribution < -0.4 is 0 Å². The molecule has 1 unspecified atom stereocenters. The van der Waals surface area contributed by atoms with Crippen LogP contribution in [0.2, 0.25) is 0 Å². The molecule has 3 atom stereocenters. The van der Waals surface area contributed by atoms with Crippen LogP contribution in [0.15, 0.2) is 0 Å². The fourth-order valence-electron chi connectivity index (χ4n) is 3.00. The molecule has 17 heavy (non-hydrogen) atoms. The maximum Gasteiger partial charge on any atom is 0.514 e. The Kier molecular flexibility index (Phi) is 3.01. The first-order valence-corrected chi connectivity index (χ1v) is 5.55. The molecule has 1 aliphatic rings. The number of likely N-dealkylation sites (tertiary alicyclic amines) is 1. The van der Waals surface area contributed by atoms with Gasteiger partial charge in [-0.3, -0.25) is 0 Å². The van der Waals surface area contributed by atoms with Crippen LogP contribution in [0.5, 0.6) is 0 Å². The van der Waals surface area contributed by atoms with Crippen molar-refractivity contribution < 1.29 is 29.4 Å². The molecule has 0 saturated carbocycles. The number of carboxylic acid groups (broad SMARTS) is 2. The van der Waals surface area contributed by atoms with E-state index in [2.05, 4.69) is 0 Å². The van der Waals surface area contributed by atoms with E-state index >= 15 is 0 Å². The molecular formula is C11H20NO5+. The lowest BCUT2D eigenvalue weighted by atomic mass is 9.88. The molecule has 3 N–H and O–H groups in total. The third-order valence-electron chi connectivity index (χ3n) is 4.08. The number of quaternary nitrogens is 1. The van der Waals surface area contributed by atoms with Gasteiger partial charge in [0.25, 0.3) is 0 Å². The van der Waals surface area contributed by atoms with Crippen LogP contribution >= 0.6 is 0 Å². The highest BCUT2D eigenvalue weighted by atomic mass is 16.4. The van der Waals surface area contributed by atoms with E-state index in [9.17, 15) is 24.9 Å². The Morgan fingerprint density at radius 1 is 1.29 bits per heavy atom. The van der Waals surface area contributed by atoms with Gasteiger partial charge in [-0.25, -0.2) is 9.28 Å². The number of carboxylic acids is 1. The minimum Gasteiger partial charge on any atom is -0.477 e. The van der Waals surface area contributed by atoms with Gasteiger partial charge in [-0.1, -0.05) is 0 Å². The molecule has 0 bridgehead atoms. The van der Waals surface area contributed by atoms with Crippen LogP contribution in [0, 0.1) is 0 Å². The van der Waals surface area contributed by atoms with Gasteiger partial charge in [-0.05, 0) is 20.8 Å². The van der Waals surface area contributed by atoms with Gasteiger partial charge in [0.15, 0.2) is 0 Å². The summed E-state index contributed by atoms with van der Waals surface area (Å²) in [5, 5.41) is 28.8. The third kappa shape index (κ3) is 1.47. The van der Waals surface area contributed by atoms with E-state index in [-0.39, 0.29) is 13.0 Å². The highest BCUT2D eigenvalue weighted by Gasteiger charge is 2.71. The Bertz CT molecular complexity index is 361. The van der Waals surface area contributed by atoms with Crippen LogP contribution in [0.1, 0.15) is 34.1 Å². The second kappa shape index (κ2) is 3.68. The third-order valence-corrected chi connectivity index (χ3v) is 4.08. The summed E-state index contributed by atoms with van der Waals surface area (Å²) in [7, 11) is 0. The Labute approximate surface area is 100 Å². The smallest absolute Gasteiger partial charge is 0.477 e. The summed E-state index contributed by atoms with van der Waals surface area (Å²) in [5.74, 6) is -1.28. The highest BCUT2D eigenvalue weighted by Crippen LogP contribution is 2.44. The van der Waals surface area contributed by atoms with Crippen molar-refractivity contribution >= 4 is 12.1 Å². The van der Waals surface area contributed by atoms with Gasteiger partial charge in [0.2, 0.25) is 5.54 Å². The predicted molar refractivity (Wildman–Crippen MR) is 59.6 cm³/mol. The molecule has 98 valence electrons. The number of aliphatic hydroxyl groups is 1. The number of aliphatic carboxylic acids is 1. The Morgan fingerprint density at radius 3 is 2.00 bits per heavy atom. The zero-order valence-electron chi connectivity index (χ0n) is 10.6. The molecule has 1 fully saturated rings. The van der Waals surface area contributed by atoms with Crippen molar-refractivity contribution in [2.45, 2.75) is 51.3 Å². The first-order valence-electron chi connectivity index (χ1n) is 5.55. The van der Waals surface area contributed by atoms with Gasteiger partial charge in [-0.2, -0.15) is 4.79 Å². The minimum atomic E-state index is -1.72. The van der Waals surface area contributed by atoms with Crippen LogP contribution in [-0.4, -0.2) is 55.6 Å². The van der Waals surface area contributed by atoms with Crippen molar-refractivity contribution in [1.82, 2.24) is 0 Å². The van der Waals surface area contributed by atoms with E-state index < -0.39 is 33.7 Å². The molecule has 1 amide bonds. The summed E-state index contributed by atoms with van der Waals surface area (Å²) in [6, 6.07) is 0. The Balaban J connectivity index is 3.52. The van der Waals surface area contributed by atoms with Gasteiger partial charge in [0, 0.05) is 13.3 Å². The summed E-state index contributed by atoms with van der Waals surface area (Å²) in [6.07, 6.45) is -2.19. The number of carbonyl (C=O) groups is 2. The lowest BCUT2D eigenvalue weighted by molar-refractivity contribution is -0.930. The zero-order valence-corrected chi connectivity index (χ0v) is 10.6. The van der Waals surface area contributed by atoms with Gasteiger partial charge < -0.3 is 15.3 Å². The highest BCUT2D eigenvalue weighted by molar-refractivity contribution is 5.81. The van der Waals surface area contributed by atoms with Gasteiger partial charge in [0.05, 0.1) is 6.54 Å². The molecule has 1 aliphatic heterocycles. The van der Waals surface area contributed by atoms with Crippen molar-refractivity contribution in [2.24, 2.45) is 0 Å². The fraction of sp³-hybridized carbons (Fsp3) is 0.818. The molecule has 0 radical (unpaired) electrons. The van der Waals surface area contributed by atoms with Crippen molar-refractivity contribution in [3.8, 4) is 0 Å².